The number of esters is 1. The number of amides is 2. The lowest BCUT2D eigenvalue weighted by molar-refractivity contribution is -0.159. The highest BCUT2D eigenvalue weighted by Gasteiger charge is 2.34. The van der Waals surface area contributed by atoms with Crippen LogP contribution in [0.4, 0.5) is 0 Å². The minimum atomic E-state index is -1.05. The Kier molecular flexibility index (Phi) is 6.46. The predicted octanol–water partition coefficient (Wildman–Crippen LogP) is 3.07. The average molecular weight is 401 g/mol. The molecule has 148 valence electrons. The Morgan fingerprint density at radius 1 is 1.07 bits per heavy atom. The quantitative estimate of drug-likeness (QED) is 0.667. The first-order valence-corrected chi connectivity index (χ1v) is 10.2. The number of benzene rings is 1. The third-order valence-corrected chi connectivity index (χ3v) is 5.32. The first kappa shape index (κ1) is 20.1. The highest BCUT2D eigenvalue weighted by Crippen LogP contribution is 2.24. The molecule has 3 rings (SSSR count). The molecule has 2 atom stereocenters. The molecule has 1 saturated carbocycles. The predicted molar refractivity (Wildman–Crippen MR) is 107 cm³/mol. The van der Waals surface area contributed by atoms with E-state index in [0.29, 0.717) is 10.4 Å². The topological polar surface area (TPSA) is 84.5 Å². The van der Waals surface area contributed by atoms with Crippen molar-refractivity contribution < 1.29 is 19.1 Å². The van der Waals surface area contributed by atoms with Gasteiger partial charge in [0, 0.05) is 11.6 Å². The third kappa shape index (κ3) is 5.19. The van der Waals surface area contributed by atoms with Gasteiger partial charge in [0.2, 0.25) is 6.10 Å². The number of ether oxygens (including phenoxy) is 1. The molecule has 2 amide bonds. The number of nitrogens with one attached hydrogen (secondary N) is 2. The van der Waals surface area contributed by atoms with Gasteiger partial charge in [0.1, 0.15) is 6.04 Å². The number of thiophene rings is 1. The normalized spacial score (nSPS) is 15.5. The van der Waals surface area contributed by atoms with E-state index in [1.54, 1.807) is 41.8 Å². The van der Waals surface area contributed by atoms with Gasteiger partial charge in [-0.3, -0.25) is 9.59 Å². The smallest absolute Gasteiger partial charge is 0.330 e. The van der Waals surface area contributed by atoms with E-state index >= 15 is 0 Å². The van der Waals surface area contributed by atoms with E-state index in [1.807, 2.05) is 19.9 Å². The highest BCUT2D eigenvalue weighted by atomic mass is 32.1. The minimum absolute atomic E-state index is 0.150. The fourth-order valence-corrected chi connectivity index (χ4v) is 3.34. The molecule has 7 heteroatoms. The molecule has 0 unspecified atom stereocenters. The van der Waals surface area contributed by atoms with Gasteiger partial charge >= 0.3 is 5.97 Å². The lowest BCUT2D eigenvalue weighted by Gasteiger charge is -2.24. The molecule has 0 radical (unpaired) electrons. The van der Waals surface area contributed by atoms with Crippen LogP contribution < -0.4 is 10.6 Å². The molecule has 2 aromatic rings. The molecule has 2 N–H and O–H groups in total. The maximum atomic E-state index is 12.9. The van der Waals surface area contributed by atoms with Crippen LogP contribution in [0.5, 0.6) is 0 Å². The summed E-state index contributed by atoms with van der Waals surface area (Å²) in [6.45, 7) is 3.64. The molecule has 1 fully saturated rings. The first-order chi connectivity index (χ1) is 13.5. The fourth-order valence-electron chi connectivity index (χ4n) is 2.71. The van der Waals surface area contributed by atoms with Crippen LogP contribution in [0.3, 0.4) is 0 Å². The largest absolute Gasteiger partial charge is 0.446 e. The first-order valence-electron chi connectivity index (χ1n) is 9.36. The van der Waals surface area contributed by atoms with Gasteiger partial charge < -0.3 is 15.4 Å². The van der Waals surface area contributed by atoms with Gasteiger partial charge in [-0.25, -0.2) is 4.79 Å². The summed E-state index contributed by atoms with van der Waals surface area (Å²) >= 11 is 1.30. The number of rotatable bonds is 8. The van der Waals surface area contributed by atoms with Gasteiger partial charge in [-0.2, -0.15) is 0 Å². The lowest BCUT2D eigenvalue weighted by Crippen LogP contribution is -2.46. The summed E-state index contributed by atoms with van der Waals surface area (Å²) in [5, 5.41) is 7.42. The van der Waals surface area contributed by atoms with Crippen LogP contribution in [0.25, 0.3) is 0 Å². The number of carbonyl (C=O) groups excluding carboxylic acids is 3. The van der Waals surface area contributed by atoms with Gasteiger partial charge in [0.05, 0.1) is 4.88 Å². The molecule has 6 nitrogen and oxygen atoms in total. The summed E-state index contributed by atoms with van der Waals surface area (Å²) in [5.74, 6) is -1.49. The minimum Gasteiger partial charge on any atom is -0.446 e. The highest BCUT2D eigenvalue weighted by molar-refractivity contribution is 7.12. The Balaban J connectivity index is 1.74. The zero-order valence-corrected chi connectivity index (χ0v) is 16.7. The molecule has 0 spiro atoms. The molecule has 1 heterocycles. The summed E-state index contributed by atoms with van der Waals surface area (Å²) < 4.78 is 5.61. The lowest BCUT2D eigenvalue weighted by atomic mass is 10.0. The molecule has 1 aliphatic rings. The number of carbonyl (C=O) groups is 3. The second kappa shape index (κ2) is 9.01. The standard InChI is InChI=1S/C21H24N2O4S/c1-13(2)17(23-19(24)16-9-6-12-28-16)21(26)27-18(14-7-4-3-5-8-14)20(25)22-15-10-11-15/h3-9,12-13,15,17-18H,10-11H2,1-2H3,(H,22,25)(H,23,24)/t17-,18-/m1/s1. The van der Waals surface area contributed by atoms with Crippen molar-refractivity contribution in [2.45, 2.75) is 44.9 Å². The molecular formula is C21H24N2O4S. The van der Waals surface area contributed by atoms with E-state index in [1.165, 1.54) is 11.3 Å². The second-order valence-electron chi connectivity index (χ2n) is 7.18. The van der Waals surface area contributed by atoms with Crippen LogP contribution in [0.15, 0.2) is 47.8 Å². The Hall–Kier alpha value is -2.67. The van der Waals surface area contributed by atoms with Crippen molar-refractivity contribution in [3.8, 4) is 0 Å². The maximum Gasteiger partial charge on any atom is 0.330 e. The van der Waals surface area contributed by atoms with Gasteiger partial charge in [-0.15, -0.1) is 11.3 Å². The summed E-state index contributed by atoms with van der Waals surface area (Å²) in [4.78, 5) is 38.4. The van der Waals surface area contributed by atoms with Gasteiger partial charge in [-0.1, -0.05) is 50.2 Å². The van der Waals surface area contributed by atoms with Crippen LogP contribution in [0.1, 0.15) is 48.0 Å². The van der Waals surface area contributed by atoms with Gasteiger partial charge in [0.15, 0.2) is 0 Å². The third-order valence-electron chi connectivity index (χ3n) is 4.45. The zero-order valence-electron chi connectivity index (χ0n) is 15.9. The van der Waals surface area contributed by atoms with Crippen molar-refractivity contribution in [2.24, 2.45) is 5.92 Å². The average Bonchev–Trinajstić information content (AvgIpc) is 3.31. The monoisotopic (exact) mass is 400 g/mol. The zero-order chi connectivity index (χ0) is 20.1. The van der Waals surface area contributed by atoms with Gasteiger partial charge in [-0.05, 0) is 30.2 Å². The van der Waals surface area contributed by atoms with Crippen molar-refractivity contribution in [2.75, 3.05) is 0 Å². The van der Waals surface area contributed by atoms with Crippen LogP contribution in [-0.4, -0.2) is 29.9 Å². The molecule has 0 aliphatic heterocycles. The van der Waals surface area contributed by atoms with Crippen molar-refractivity contribution >= 4 is 29.1 Å². The summed E-state index contributed by atoms with van der Waals surface area (Å²) in [5.41, 5.74) is 0.598. The fraction of sp³-hybridized carbons (Fsp3) is 0.381. The van der Waals surface area contributed by atoms with E-state index in [4.69, 9.17) is 4.74 Å². The molecule has 1 aromatic carbocycles. The summed E-state index contributed by atoms with van der Waals surface area (Å²) in [6.07, 6.45) is 0.827. The van der Waals surface area contributed by atoms with E-state index < -0.39 is 18.1 Å². The van der Waals surface area contributed by atoms with Crippen molar-refractivity contribution in [1.29, 1.82) is 0 Å². The van der Waals surface area contributed by atoms with Crippen LogP contribution in [0, 0.1) is 5.92 Å². The molecule has 28 heavy (non-hydrogen) atoms. The molecule has 0 saturated heterocycles. The van der Waals surface area contributed by atoms with E-state index in [2.05, 4.69) is 10.6 Å². The van der Waals surface area contributed by atoms with E-state index in [0.717, 1.165) is 12.8 Å². The number of hydrogen-bond donors (Lipinski definition) is 2. The summed E-state index contributed by atoms with van der Waals surface area (Å²) in [6, 6.07) is 11.7. The van der Waals surface area contributed by atoms with Crippen LogP contribution >= 0.6 is 11.3 Å². The van der Waals surface area contributed by atoms with Crippen LogP contribution in [-0.2, 0) is 14.3 Å². The summed E-state index contributed by atoms with van der Waals surface area (Å²) in [7, 11) is 0. The SMILES string of the molecule is CC(C)[C@@H](NC(=O)c1cccs1)C(=O)O[C@@H](C(=O)NC1CC1)c1ccccc1. The van der Waals surface area contributed by atoms with E-state index in [-0.39, 0.29) is 23.8 Å². The Bertz CT molecular complexity index is 816. The van der Waals surface area contributed by atoms with Gasteiger partial charge in [0.25, 0.3) is 11.8 Å². The molecule has 1 aromatic heterocycles. The second-order valence-corrected chi connectivity index (χ2v) is 8.13. The van der Waals surface area contributed by atoms with Crippen molar-refractivity contribution in [1.82, 2.24) is 10.6 Å². The Morgan fingerprint density at radius 3 is 2.36 bits per heavy atom. The molecule has 1 aliphatic carbocycles. The van der Waals surface area contributed by atoms with Crippen LogP contribution in [0.2, 0.25) is 0 Å². The molecule has 0 bridgehead atoms. The number of hydrogen-bond acceptors (Lipinski definition) is 5. The van der Waals surface area contributed by atoms with E-state index in [9.17, 15) is 14.4 Å². The molecular weight excluding hydrogens is 376 g/mol. The van der Waals surface area contributed by atoms with Crippen molar-refractivity contribution in [3.63, 3.8) is 0 Å². The van der Waals surface area contributed by atoms with Crippen molar-refractivity contribution in [3.05, 3.63) is 58.3 Å². The maximum absolute atomic E-state index is 12.9. The Morgan fingerprint density at radius 2 is 1.79 bits per heavy atom. The Labute approximate surface area is 168 Å².